The molecule has 24 heteroatoms. The number of nitrogens with zero attached hydrogens (tertiary/aromatic N) is 8. The summed E-state index contributed by atoms with van der Waals surface area (Å²) in [5.41, 5.74) is 1.96. The fraction of sp³-hybridized carbons (Fsp3) is 0.333. The lowest BCUT2D eigenvalue weighted by atomic mass is 9.76. The number of halogens is 3. The van der Waals surface area contributed by atoms with E-state index >= 15 is 0 Å². The van der Waals surface area contributed by atoms with Gasteiger partial charge < -0.3 is 32.8 Å². The highest BCUT2D eigenvalue weighted by molar-refractivity contribution is 7.88. The van der Waals surface area contributed by atoms with Gasteiger partial charge in [0.05, 0.1) is 29.6 Å². The fourth-order valence-corrected chi connectivity index (χ4v) is 10.6. The molecule has 11 rings (SSSR count). The molecule has 3 aliphatic heterocycles. The van der Waals surface area contributed by atoms with E-state index in [4.69, 9.17) is 18.8 Å². The smallest absolute Gasteiger partial charge is 0.444 e. The van der Waals surface area contributed by atoms with Crippen LogP contribution in [0.15, 0.2) is 164 Å². The third-order valence-corrected chi connectivity index (χ3v) is 16.5. The summed E-state index contributed by atoms with van der Waals surface area (Å²) in [6, 6.07) is 31.7. The maximum absolute atomic E-state index is 12.7. The first-order valence-electron chi connectivity index (χ1n) is 30.1. The summed E-state index contributed by atoms with van der Waals surface area (Å²) in [6.45, 7) is 21.6. The standard InChI is InChI=1S/C31H30N4O3.C22H14F3N3O4S.C16H28BNO4/c1-31(2,3)38-30(37)35-16-6-7-23(19-35)26-14-13-25(27-18-32-20-34-29(26)27)21-9-11-22(12-10-21)28(36)17-24-8-4-5-15-33-24;23-22(24,25)33(30,31)32-20-9-8-17(18-12-26-13-28-21(18)20)14-4-6-15(7-5-14)19(29)11-16-3-1-2-10-27-16;1-14(2,3)20-13(19)18-10-8-9-12(11-18)17-21-15(4,5)16(6,7)22-17/h4-5,7-15,18,20H,6,16-17,19H2,1-3H3;1-10,12-13H,11H2;9H,8,10-11H2,1-7H3. The van der Waals surface area contributed by atoms with Crippen LogP contribution in [0.5, 0.6) is 5.75 Å². The van der Waals surface area contributed by atoms with Crippen LogP contribution >= 0.6 is 0 Å². The molecular weight excluding hydrogens is 1220 g/mol. The van der Waals surface area contributed by atoms with Crippen molar-refractivity contribution in [1.82, 2.24) is 39.7 Å². The highest BCUT2D eigenvalue weighted by Gasteiger charge is 2.53. The minimum Gasteiger partial charge on any atom is -0.444 e. The average Bonchev–Trinajstić information content (AvgIpc) is 1.70. The van der Waals surface area contributed by atoms with Gasteiger partial charge in [-0.1, -0.05) is 84.9 Å². The Bertz CT molecular complexity index is 4210. The predicted molar refractivity (Wildman–Crippen MR) is 347 cm³/mol. The highest BCUT2D eigenvalue weighted by atomic mass is 32.2. The number of aromatic nitrogens is 6. The molecule has 0 N–H and O–H groups in total. The predicted octanol–water partition coefficient (Wildman–Crippen LogP) is 13.7. The van der Waals surface area contributed by atoms with Gasteiger partial charge >= 0.3 is 34.9 Å². The molecule has 4 aromatic carbocycles. The van der Waals surface area contributed by atoms with Crippen LogP contribution in [0, 0.1) is 0 Å². The van der Waals surface area contributed by atoms with Gasteiger partial charge in [0.25, 0.3) is 0 Å². The lowest BCUT2D eigenvalue weighted by molar-refractivity contribution is -0.0499. The van der Waals surface area contributed by atoms with Crippen LogP contribution in [-0.4, -0.2) is 133 Å². The van der Waals surface area contributed by atoms with E-state index in [1.165, 1.54) is 12.3 Å². The van der Waals surface area contributed by atoms with Gasteiger partial charge in [-0.25, -0.2) is 29.5 Å². The first kappa shape index (κ1) is 68.1. The second-order valence-corrected chi connectivity index (χ2v) is 26.8. The Hall–Kier alpha value is -9.26. The number of ketones is 2. The van der Waals surface area contributed by atoms with Crippen molar-refractivity contribution in [3.8, 4) is 28.0 Å². The first-order chi connectivity index (χ1) is 43.8. The van der Waals surface area contributed by atoms with Crippen molar-refractivity contribution in [2.24, 2.45) is 0 Å². The van der Waals surface area contributed by atoms with Crippen molar-refractivity contribution in [2.75, 3.05) is 26.2 Å². The van der Waals surface area contributed by atoms with Crippen molar-refractivity contribution < 1.29 is 63.7 Å². The lowest BCUT2D eigenvalue weighted by Gasteiger charge is -2.32. The molecule has 3 aliphatic rings. The number of Topliss-reactive ketones (excluding diaryl/α,β-unsaturated/α-hetero) is 2. The van der Waals surface area contributed by atoms with E-state index in [0.717, 1.165) is 69.6 Å². The Morgan fingerprint density at radius 1 is 0.570 bits per heavy atom. The van der Waals surface area contributed by atoms with Gasteiger partial charge in [0.1, 0.15) is 29.4 Å². The van der Waals surface area contributed by atoms with Gasteiger partial charge in [-0.05, 0) is 152 Å². The molecule has 93 heavy (non-hydrogen) atoms. The van der Waals surface area contributed by atoms with Crippen LogP contribution in [0.3, 0.4) is 0 Å². The second-order valence-electron chi connectivity index (χ2n) is 25.3. The van der Waals surface area contributed by atoms with E-state index in [2.05, 4.69) is 58.4 Å². The minimum absolute atomic E-state index is 0.0255. The van der Waals surface area contributed by atoms with Crippen LogP contribution < -0.4 is 4.18 Å². The van der Waals surface area contributed by atoms with Crippen molar-refractivity contribution in [3.63, 3.8) is 0 Å². The third kappa shape index (κ3) is 17.1. The molecule has 8 aromatic rings. The molecular formula is C69H72BF3N8O11S. The molecule has 19 nitrogen and oxygen atoms in total. The summed E-state index contributed by atoms with van der Waals surface area (Å²) >= 11 is 0. The Morgan fingerprint density at radius 3 is 1.49 bits per heavy atom. The van der Waals surface area contributed by atoms with Gasteiger partial charge in [0, 0.05) is 89.8 Å². The van der Waals surface area contributed by atoms with Crippen LogP contribution in [0.2, 0.25) is 0 Å². The Morgan fingerprint density at radius 2 is 1.02 bits per heavy atom. The van der Waals surface area contributed by atoms with Crippen molar-refractivity contribution >= 4 is 68.4 Å². The summed E-state index contributed by atoms with van der Waals surface area (Å²) in [5, 5.41) is 1.19. The third-order valence-electron chi connectivity index (χ3n) is 15.5. The SMILES string of the molecule is CC(C)(C)OC(=O)N1CCC=C(B2OC(C)(C)C(C)(C)O2)C1.CC(C)(C)OC(=O)N1CCC=C(c2ccc(-c3ccc(C(=O)Cc4ccccn4)cc3)c3cncnc23)C1.O=C(Cc1ccccn1)c1ccc(-c2ccc(OS(=O)(=O)C(F)(F)F)c3ncncc23)cc1. The maximum Gasteiger partial charge on any atom is 0.534 e. The molecule has 0 saturated carbocycles. The summed E-state index contributed by atoms with van der Waals surface area (Å²) in [6.07, 6.45) is 14.7. The minimum atomic E-state index is -5.86. The zero-order valence-corrected chi connectivity index (χ0v) is 54.2. The van der Waals surface area contributed by atoms with Crippen LogP contribution in [0.4, 0.5) is 22.8 Å². The van der Waals surface area contributed by atoms with Crippen molar-refractivity contribution in [3.05, 3.63) is 192 Å². The molecule has 484 valence electrons. The normalized spacial score (nSPS) is 15.6. The number of hydrogen-bond donors (Lipinski definition) is 0. The molecule has 0 atom stereocenters. The Balaban J connectivity index is 0.000000170. The van der Waals surface area contributed by atoms with Gasteiger partial charge in [-0.15, -0.1) is 0 Å². The van der Waals surface area contributed by atoms with E-state index in [1.54, 1.807) is 71.0 Å². The molecule has 0 bridgehead atoms. The molecule has 1 fully saturated rings. The van der Waals surface area contributed by atoms with E-state index in [-0.39, 0.29) is 58.7 Å². The monoisotopic (exact) mass is 1290 g/mol. The van der Waals surface area contributed by atoms with Gasteiger partial charge in [0.2, 0.25) is 0 Å². The number of benzene rings is 4. The number of rotatable bonds is 12. The lowest BCUT2D eigenvalue weighted by Crippen LogP contribution is -2.42. The van der Waals surface area contributed by atoms with E-state index < -0.39 is 39.7 Å². The number of pyridine rings is 2. The quantitative estimate of drug-likeness (QED) is 0.0479. The summed E-state index contributed by atoms with van der Waals surface area (Å²) in [5.74, 6) is -0.678. The van der Waals surface area contributed by atoms with E-state index in [0.29, 0.717) is 54.1 Å². The van der Waals surface area contributed by atoms with E-state index in [9.17, 15) is 40.8 Å². The molecule has 0 radical (unpaired) electrons. The Labute approximate surface area is 538 Å². The van der Waals surface area contributed by atoms with Crippen LogP contribution in [-0.2, 0) is 41.7 Å². The average molecular weight is 1290 g/mol. The Kier molecular flexibility index (Phi) is 20.4. The maximum atomic E-state index is 12.7. The topological polar surface area (TPSA) is 232 Å². The van der Waals surface area contributed by atoms with Gasteiger partial charge in [-0.3, -0.25) is 19.6 Å². The molecule has 0 aliphatic carbocycles. The number of alkyl halides is 3. The number of carbonyl (C=O) groups excluding carboxylic acids is 4. The number of amides is 2. The fourth-order valence-electron chi connectivity index (χ4n) is 10.2. The summed E-state index contributed by atoms with van der Waals surface area (Å²) < 4.78 is 88.5. The number of ether oxygens (including phenoxy) is 2. The van der Waals surface area contributed by atoms with Crippen LogP contribution in [0.25, 0.3) is 49.6 Å². The van der Waals surface area contributed by atoms with Crippen molar-refractivity contribution in [1.29, 1.82) is 0 Å². The summed E-state index contributed by atoms with van der Waals surface area (Å²) in [7, 11) is -6.26. The number of carbonyl (C=O) groups is 4. The molecule has 2 amide bonds. The van der Waals surface area contributed by atoms with E-state index in [1.807, 2.05) is 118 Å². The summed E-state index contributed by atoms with van der Waals surface area (Å²) in [4.78, 5) is 78.7. The van der Waals surface area contributed by atoms with Crippen molar-refractivity contribution in [2.45, 2.75) is 123 Å². The van der Waals surface area contributed by atoms with Gasteiger partial charge in [-0.2, -0.15) is 21.6 Å². The molecule has 0 unspecified atom stereocenters. The van der Waals surface area contributed by atoms with Gasteiger partial charge in [0.15, 0.2) is 17.3 Å². The largest absolute Gasteiger partial charge is 0.534 e. The highest BCUT2D eigenvalue weighted by Crippen LogP contribution is 2.40. The second kappa shape index (κ2) is 27.9. The molecule has 4 aromatic heterocycles. The molecule has 7 heterocycles. The zero-order chi connectivity index (χ0) is 67.1. The number of fused-ring (bicyclic) bond motifs is 2. The zero-order valence-electron chi connectivity index (χ0n) is 53.4. The van der Waals surface area contributed by atoms with Crippen LogP contribution in [0.1, 0.15) is 120 Å². The molecule has 0 spiro atoms. The number of hydrogen-bond acceptors (Lipinski definition) is 17. The molecule has 1 saturated heterocycles. The first-order valence-corrected chi connectivity index (χ1v) is 31.5.